The lowest BCUT2D eigenvalue weighted by Gasteiger charge is -2.28. The molecular weight excluding hydrogens is 432 g/mol. The van der Waals surface area contributed by atoms with Crippen molar-refractivity contribution < 1.29 is 19.4 Å². The van der Waals surface area contributed by atoms with E-state index in [9.17, 15) is 14.7 Å². The summed E-state index contributed by atoms with van der Waals surface area (Å²) in [4.78, 5) is 26.7. The van der Waals surface area contributed by atoms with E-state index in [4.69, 9.17) is 9.47 Å². The zero-order valence-corrected chi connectivity index (χ0v) is 21.4. The van der Waals surface area contributed by atoms with Gasteiger partial charge in [-0.05, 0) is 48.8 Å². The SMILES string of the molecule is CCCCOc1c(N(C)C(=O)O)n(CC(C)(C)C)c(=O)c2ccc(OCC3CCCCC3)cc12. The van der Waals surface area contributed by atoms with E-state index in [2.05, 4.69) is 6.92 Å². The van der Waals surface area contributed by atoms with Gasteiger partial charge in [0.15, 0.2) is 11.6 Å². The lowest BCUT2D eigenvalue weighted by Crippen LogP contribution is -2.35. The van der Waals surface area contributed by atoms with Crippen molar-refractivity contribution in [3.05, 3.63) is 28.6 Å². The van der Waals surface area contributed by atoms with Crippen LogP contribution in [0.2, 0.25) is 0 Å². The van der Waals surface area contributed by atoms with Crippen LogP contribution in [0.1, 0.15) is 72.6 Å². The van der Waals surface area contributed by atoms with Crippen LogP contribution in [0.5, 0.6) is 11.5 Å². The number of ether oxygens (including phenoxy) is 2. The number of nitrogens with zero attached hydrogens (tertiary/aromatic N) is 2. The topological polar surface area (TPSA) is 81.0 Å². The van der Waals surface area contributed by atoms with E-state index in [-0.39, 0.29) is 16.8 Å². The Bertz CT molecular complexity index is 1050. The van der Waals surface area contributed by atoms with Crippen LogP contribution in [0.25, 0.3) is 10.8 Å². The van der Waals surface area contributed by atoms with Gasteiger partial charge in [-0.3, -0.25) is 14.3 Å². The third-order valence-electron chi connectivity index (χ3n) is 6.36. The fourth-order valence-electron chi connectivity index (χ4n) is 4.55. The van der Waals surface area contributed by atoms with Gasteiger partial charge in [-0.15, -0.1) is 0 Å². The summed E-state index contributed by atoms with van der Waals surface area (Å²) in [6.45, 7) is 9.59. The zero-order valence-electron chi connectivity index (χ0n) is 21.4. The molecule has 3 rings (SSSR count). The maximum atomic E-state index is 13.6. The largest absolute Gasteiger partial charge is 0.493 e. The number of aromatic nitrogens is 1. The van der Waals surface area contributed by atoms with Crippen LogP contribution in [0.3, 0.4) is 0 Å². The van der Waals surface area contributed by atoms with Gasteiger partial charge in [-0.1, -0.05) is 53.4 Å². The van der Waals surface area contributed by atoms with Gasteiger partial charge in [0.2, 0.25) is 0 Å². The second-order valence-electron chi connectivity index (χ2n) is 10.7. The summed E-state index contributed by atoms with van der Waals surface area (Å²) in [5.41, 5.74) is -0.468. The first-order valence-corrected chi connectivity index (χ1v) is 12.5. The second-order valence-corrected chi connectivity index (χ2v) is 10.7. The van der Waals surface area contributed by atoms with E-state index < -0.39 is 6.09 Å². The monoisotopic (exact) mass is 472 g/mol. The average molecular weight is 473 g/mol. The van der Waals surface area contributed by atoms with Gasteiger partial charge in [0.1, 0.15) is 5.75 Å². The van der Waals surface area contributed by atoms with E-state index in [0.717, 1.165) is 17.7 Å². The molecule has 1 aromatic carbocycles. The number of fused-ring (bicyclic) bond motifs is 1. The number of hydrogen-bond donors (Lipinski definition) is 1. The molecule has 1 aromatic heterocycles. The maximum Gasteiger partial charge on any atom is 0.412 e. The average Bonchev–Trinajstić information content (AvgIpc) is 2.80. The summed E-state index contributed by atoms with van der Waals surface area (Å²) in [6, 6.07) is 5.45. The van der Waals surface area contributed by atoms with Crippen LogP contribution in [0, 0.1) is 11.3 Å². The minimum atomic E-state index is -1.15. The lowest BCUT2D eigenvalue weighted by molar-refractivity contribution is 0.202. The predicted octanol–water partition coefficient (Wildman–Crippen LogP) is 6.30. The van der Waals surface area contributed by atoms with Gasteiger partial charge < -0.3 is 14.6 Å². The molecule has 0 spiro atoms. The molecule has 1 amide bonds. The highest BCUT2D eigenvalue weighted by molar-refractivity contribution is 5.97. The molecule has 1 N–H and O–H groups in total. The van der Waals surface area contributed by atoms with Crippen molar-refractivity contribution in [3.63, 3.8) is 0 Å². The Kier molecular flexibility index (Phi) is 8.50. The van der Waals surface area contributed by atoms with Crippen molar-refractivity contribution in [2.24, 2.45) is 11.3 Å². The second kappa shape index (κ2) is 11.2. The minimum Gasteiger partial charge on any atom is -0.493 e. The first-order chi connectivity index (χ1) is 16.1. The molecule has 1 aliphatic carbocycles. The molecule has 0 saturated heterocycles. The van der Waals surface area contributed by atoms with E-state index in [1.807, 2.05) is 32.9 Å². The molecule has 0 radical (unpaired) electrons. The van der Waals surface area contributed by atoms with E-state index >= 15 is 0 Å². The van der Waals surface area contributed by atoms with Gasteiger partial charge in [0, 0.05) is 19.0 Å². The molecule has 1 fully saturated rings. The Morgan fingerprint density at radius 3 is 2.47 bits per heavy atom. The fourth-order valence-corrected chi connectivity index (χ4v) is 4.55. The maximum absolute atomic E-state index is 13.6. The summed E-state index contributed by atoms with van der Waals surface area (Å²) in [5, 5.41) is 10.9. The van der Waals surface area contributed by atoms with Gasteiger partial charge in [0.05, 0.1) is 18.6 Å². The molecule has 1 saturated carbocycles. The number of carboxylic acid groups (broad SMARTS) is 1. The molecule has 0 aliphatic heterocycles. The zero-order chi connectivity index (χ0) is 24.9. The number of hydrogen-bond acceptors (Lipinski definition) is 4. The highest BCUT2D eigenvalue weighted by Gasteiger charge is 2.27. The molecule has 0 bridgehead atoms. The van der Waals surface area contributed by atoms with Crippen LogP contribution >= 0.6 is 0 Å². The molecule has 0 unspecified atom stereocenters. The number of anilines is 1. The number of rotatable bonds is 9. The normalized spacial score (nSPS) is 14.9. The Balaban J connectivity index is 2.14. The number of amides is 1. The summed E-state index contributed by atoms with van der Waals surface area (Å²) in [7, 11) is 1.46. The van der Waals surface area contributed by atoms with E-state index in [1.54, 1.807) is 10.6 Å². The summed E-state index contributed by atoms with van der Waals surface area (Å²) in [6.07, 6.45) is 6.79. The van der Waals surface area contributed by atoms with Gasteiger partial charge in [0.25, 0.3) is 5.56 Å². The molecule has 1 aliphatic rings. The van der Waals surface area contributed by atoms with Crippen LogP contribution in [-0.4, -0.2) is 36.0 Å². The Hall–Kier alpha value is -2.70. The lowest BCUT2D eigenvalue weighted by atomic mass is 9.90. The summed E-state index contributed by atoms with van der Waals surface area (Å²) >= 11 is 0. The number of benzene rings is 1. The highest BCUT2D eigenvalue weighted by atomic mass is 16.5. The third-order valence-corrected chi connectivity index (χ3v) is 6.36. The predicted molar refractivity (Wildman–Crippen MR) is 137 cm³/mol. The van der Waals surface area contributed by atoms with Gasteiger partial charge in [-0.2, -0.15) is 0 Å². The van der Waals surface area contributed by atoms with Crippen molar-refractivity contribution in [1.29, 1.82) is 0 Å². The first kappa shape index (κ1) is 25.9. The Morgan fingerprint density at radius 1 is 1.15 bits per heavy atom. The summed E-state index contributed by atoms with van der Waals surface area (Å²) in [5.74, 6) is 1.91. The Morgan fingerprint density at radius 2 is 1.85 bits per heavy atom. The third kappa shape index (κ3) is 6.24. The van der Waals surface area contributed by atoms with E-state index in [0.29, 0.717) is 47.9 Å². The molecule has 7 heteroatoms. The van der Waals surface area contributed by atoms with Crippen molar-refractivity contribution in [3.8, 4) is 11.5 Å². The van der Waals surface area contributed by atoms with Crippen molar-refractivity contribution in [2.75, 3.05) is 25.2 Å². The van der Waals surface area contributed by atoms with E-state index in [1.165, 1.54) is 39.2 Å². The molecular formula is C27H40N2O5. The quantitative estimate of drug-likeness (QED) is 0.433. The van der Waals surface area contributed by atoms with Crippen LogP contribution in [0.15, 0.2) is 23.0 Å². The van der Waals surface area contributed by atoms with Gasteiger partial charge in [-0.25, -0.2) is 4.79 Å². The van der Waals surface area contributed by atoms with Crippen LogP contribution in [0.4, 0.5) is 10.6 Å². The molecule has 1 heterocycles. The fraction of sp³-hybridized carbons (Fsp3) is 0.630. The Labute approximate surface area is 202 Å². The molecule has 7 nitrogen and oxygen atoms in total. The van der Waals surface area contributed by atoms with Crippen molar-refractivity contribution >= 4 is 22.7 Å². The number of unbranched alkanes of at least 4 members (excludes halogenated alkanes) is 1. The number of carbonyl (C=O) groups is 1. The molecule has 188 valence electrons. The minimum absolute atomic E-state index is 0.227. The molecule has 34 heavy (non-hydrogen) atoms. The van der Waals surface area contributed by atoms with Crippen LogP contribution in [-0.2, 0) is 6.54 Å². The summed E-state index contributed by atoms with van der Waals surface area (Å²) < 4.78 is 13.9. The molecule has 2 aromatic rings. The molecule has 0 atom stereocenters. The van der Waals surface area contributed by atoms with Gasteiger partial charge >= 0.3 is 6.09 Å². The highest BCUT2D eigenvalue weighted by Crippen LogP contribution is 2.38. The van der Waals surface area contributed by atoms with Crippen LogP contribution < -0.4 is 19.9 Å². The van der Waals surface area contributed by atoms with Crippen molar-refractivity contribution in [1.82, 2.24) is 4.57 Å². The first-order valence-electron chi connectivity index (χ1n) is 12.5. The standard InChI is InChI=1S/C27H40N2O5/c1-6-7-15-33-23-22-16-20(34-17-19-11-9-8-10-12-19)13-14-21(22)25(30)29(18-27(2,3)4)24(23)28(5)26(31)32/h13-14,16,19H,6-12,15,17-18H2,1-5H3,(H,31,32). The smallest absolute Gasteiger partial charge is 0.412 e. The van der Waals surface area contributed by atoms with Crippen molar-refractivity contribution in [2.45, 2.75) is 79.2 Å². The number of pyridine rings is 1.